The number of carbonyl (C=O) groups is 1. The normalized spacial score (nSPS) is 11.4. The van der Waals surface area contributed by atoms with Crippen molar-refractivity contribution < 1.29 is 9.18 Å². The van der Waals surface area contributed by atoms with E-state index in [1.54, 1.807) is 24.4 Å². The maximum atomic E-state index is 13.1. The van der Waals surface area contributed by atoms with Gasteiger partial charge in [0.05, 0.1) is 5.75 Å². The van der Waals surface area contributed by atoms with Crippen LogP contribution in [0.1, 0.15) is 36.8 Å². The molecular formula is C27H28FN5OS2. The molecule has 2 aromatic heterocycles. The molecule has 0 saturated heterocycles. The van der Waals surface area contributed by atoms with Crippen molar-refractivity contribution in [1.29, 1.82) is 0 Å². The number of halogens is 1. The van der Waals surface area contributed by atoms with E-state index in [4.69, 9.17) is 0 Å². The summed E-state index contributed by atoms with van der Waals surface area (Å²) in [5.41, 5.74) is 3.26. The summed E-state index contributed by atoms with van der Waals surface area (Å²) in [6.45, 7) is 10.9. The number of aromatic nitrogens is 4. The fourth-order valence-electron chi connectivity index (χ4n) is 3.56. The van der Waals surface area contributed by atoms with Gasteiger partial charge < -0.3 is 5.32 Å². The molecule has 0 aliphatic heterocycles. The first kappa shape index (κ1) is 25.8. The van der Waals surface area contributed by atoms with Gasteiger partial charge >= 0.3 is 0 Å². The van der Waals surface area contributed by atoms with Crippen LogP contribution in [0.3, 0.4) is 0 Å². The second-order valence-corrected chi connectivity index (χ2v) is 11.4. The van der Waals surface area contributed by atoms with Gasteiger partial charge in [-0.2, -0.15) is 0 Å². The van der Waals surface area contributed by atoms with E-state index in [1.807, 2.05) is 4.57 Å². The van der Waals surface area contributed by atoms with Crippen molar-refractivity contribution in [2.24, 2.45) is 0 Å². The molecule has 0 bridgehead atoms. The van der Waals surface area contributed by atoms with Crippen molar-refractivity contribution in [3.8, 4) is 11.4 Å². The van der Waals surface area contributed by atoms with Crippen molar-refractivity contribution in [2.45, 2.75) is 44.3 Å². The van der Waals surface area contributed by atoms with Crippen LogP contribution in [0.15, 0.2) is 72.5 Å². The van der Waals surface area contributed by atoms with Gasteiger partial charge in [0.2, 0.25) is 5.91 Å². The third-order valence-electron chi connectivity index (χ3n) is 5.46. The minimum atomic E-state index is -0.261. The molecule has 36 heavy (non-hydrogen) atoms. The van der Waals surface area contributed by atoms with Gasteiger partial charge in [0, 0.05) is 29.6 Å². The number of carbonyl (C=O) groups excluding carboxylic acids is 1. The zero-order valence-electron chi connectivity index (χ0n) is 20.5. The molecule has 4 rings (SSSR count). The summed E-state index contributed by atoms with van der Waals surface area (Å²) in [4.78, 5) is 17.9. The summed E-state index contributed by atoms with van der Waals surface area (Å²) in [7, 11) is 0. The molecule has 0 aliphatic rings. The molecule has 186 valence electrons. The summed E-state index contributed by atoms with van der Waals surface area (Å²) in [6, 6.07) is 14.7. The topological polar surface area (TPSA) is 72.7 Å². The van der Waals surface area contributed by atoms with E-state index in [9.17, 15) is 9.18 Å². The monoisotopic (exact) mass is 521 g/mol. The first-order chi connectivity index (χ1) is 17.2. The van der Waals surface area contributed by atoms with Crippen molar-refractivity contribution in [3.63, 3.8) is 0 Å². The molecule has 0 saturated carbocycles. The highest BCUT2D eigenvalue weighted by Crippen LogP contribution is 2.28. The van der Waals surface area contributed by atoms with Crippen LogP contribution in [0.25, 0.3) is 11.4 Å². The zero-order valence-corrected chi connectivity index (χ0v) is 22.1. The minimum absolute atomic E-state index is 0.0703. The second-order valence-electron chi connectivity index (χ2n) is 9.30. The number of thioether (sulfide) groups is 1. The van der Waals surface area contributed by atoms with Crippen LogP contribution < -0.4 is 5.32 Å². The lowest BCUT2D eigenvalue weighted by molar-refractivity contribution is -0.113. The van der Waals surface area contributed by atoms with Gasteiger partial charge in [-0.25, -0.2) is 9.37 Å². The van der Waals surface area contributed by atoms with E-state index in [-0.39, 0.29) is 22.9 Å². The molecule has 2 aromatic carbocycles. The number of hydrogen-bond donors (Lipinski definition) is 1. The number of allylic oxidation sites excluding steroid dienone is 1. The quantitative estimate of drug-likeness (QED) is 0.205. The highest BCUT2D eigenvalue weighted by molar-refractivity contribution is 7.99. The van der Waals surface area contributed by atoms with Crippen molar-refractivity contribution in [3.05, 3.63) is 89.2 Å². The average Bonchev–Trinajstić information content (AvgIpc) is 3.45. The van der Waals surface area contributed by atoms with Gasteiger partial charge in [0.15, 0.2) is 16.1 Å². The van der Waals surface area contributed by atoms with E-state index < -0.39 is 0 Å². The first-order valence-corrected chi connectivity index (χ1v) is 13.3. The Bertz CT molecular complexity index is 1340. The maximum absolute atomic E-state index is 13.1. The van der Waals surface area contributed by atoms with E-state index >= 15 is 0 Å². The van der Waals surface area contributed by atoms with Gasteiger partial charge in [0.1, 0.15) is 5.82 Å². The molecule has 0 fully saturated rings. The average molecular weight is 522 g/mol. The number of thiazole rings is 1. The van der Waals surface area contributed by atoms with Crippen LogP contribution >= 0.6 is 23.1 Å². The third-order valence-corrected chi connectivity index (χ3v) is 7.34. The van der Waals surface area contributed by atoms with Crippen molar-refractivity contribution in [2.75, 3.05) is 11.1 Å². The van der Waals surface area contributed by atoms with Crippen LogP contribution in [0, 0.1) is 5.82 Å². The fourth-order valence-corrected chi connectivity index (χ4v) is 5.17. The number of amides is 1. The Labute approximate surface area is 218 Å². The number of nitrogens with one attached hydrogen (secondary N) is 1. The zero-order chi connectivity index (χ0) is 25.7. The Morgan fingerprint density at radius 2 is 1.86 bits per heavy atom. The summed E-state index contributed by atoms with van der Waals surface area (Å²) in [5, 5.41) is 12.7. The number of hydrogen-bond acceptors (Lipinski definition) is 6. The summed E-state index contributed by atoms with van der Waals surface area (Å²) >= 11 is 2.72. The smallest absolute Gasteiger partial charge is 0.236 e. The molecule has 1 amide bonds. The van der Waals surface area contributed by atoms with Crippen molar-refractivity contribution >= 4 is 34.1 Å². The van der Waals surface area contributed by atoms with Crippen LogP contribution in [-0.2, 0) is 23.2 Å². The highest BCUT2D eigenvalue weighted by Gasteiger charge is 2.18. The summed E-state index contributed by atoms with van der Waals surface area (Å²) < 4.78 is 15.1. The first-order valence-electron chi connectivity index (χ1n) is 11.5. The molecule has 4 aromatic rings. The van der Waals surface area contributed by atoms with E-state index in [1.165, 1.54) is 40.8 Å². The molecule has 0 unspecified atom stereocenters. The largest absolute Gasteiger partial charge is 0.301 e. The Kier molecular flexibility index (Phi) is 8.01. The molecule has 0 radical (unpaired) electrons. The third kappa shape index (κ3) is 6.47. The molecule has 6 nitrogen and oxygen atoms in total. The fraction of sp³-hybridized carbons (Fsp3) is 0.259. The number of benzene rings is 2. The Hall–Kier alpha value is -3.30. The van der Waals surface area contributed by atoms with E-state index in [0.29, 0.717) is 23.3 Å². The number of rotatable bonds is 9. The van der Waals surface area contributed by atoms with Gasteiger partial charge in [0.25, 0.3) is 0 Å². The summed E-state index contributed by atoms with van der Waals surface area (Å²) in [5.74, 6) is 0.476. The predicted octanol–water partition coefficient (Wildman–Crippen LogP) is 6.35. The van der Waals surface area contributed by atoms with Crippen molar-refractivity contribution in [1.82, 2.24) is 19.7 Å². The highest BCUT2D eigenvalue weighted by atomic mass is 32.2. The van der Waals surface area contributed by atoms with Crippen LogP contribution in [0.2, 0.25) is 0 Å². The van der Waals surface area contributed by atoms with Crippen LogP contribution in [-0.4, -0.2) is 31.4 Å². The second kappa shape index (κ2) is 11.2. The van der Waals surface area contributed by atoms with Gasteiger partial charge in [-0.05, 0) is 28.7 Å². The van der Waals surface area contributed by atoms with Gasteiger partial charge in [-0.3, -0.25) is 9.36 Å². The number of nitrogens with zero attached hydrogens (tertiary/aromatic N) is 4. The Morgan fingerprint density at radius 3 is 2.53 bits per heavy atom. The molecular weight excluding hydrogens is 493 g/mol. The molecule has 9 heteroatoms. The molecule has 0 aliphatic carbocycles. The minimum Gasteiger partial charge on any atom is -0.301 e. The molecule has 0 atom stereocenters. The Balaban J connectivity index is 1.38. The Morgan fingerprint density at radius 1 is 1.14 bits per heavy atom. The van der Waals surface area contributed by atoms with E-state index in [2.05, 4.69) is 72.1 Å². The van der Waals surface area contributed by atoms with Gasteiger partial charge in [-0.15, -0.1) is 28.1 Å². The van der Waals surface area contributed by atoms with E-state index in [0.717, 1.165) is 21.8 Å². The predicted molar refractivity (Wildman–Crippen MR) is 145 cm³/mol. The lowest BCUT2D eigenvalue weighted by atomic mass is 9.87. The lowest BCUT2D eigenvalue weighted by Crippen LogP contribution is -2.14. The van der Waals surface area contributed by atoms with Crippen LogP contribution in [0.5, 0.6) is 0 Å². The standard InChI is InChI=1S/C27H28FN5OS2/c1-5-14-33-24(19-8-10-20(11-9-19)27(2,3)4)31-32-26(33)35-17-23(34)30-25-29-16-22(36-25)15-18-6-12-21(28)13-7-18/h5-13,16H,1,14-15,17H2,2-4H3,(H,29,30,34). The maximum Gasteiger partial charge on any atom is 0.236 e. The summed E-state index contributed by atoms with van der Waals surface area (Å²) in [6.07, 6.45) is 4.15. The molecule has 2 heterocycles. The SMILES string of the molecule is C=CCn1c(SCC(=O)Nc2ncc(Cc3ccc(F)cc3)s2)nnc1-c1ccc(C(C)(C)C)cc1. The van der Waals surface area contributed by atoms with Crippen LogP contribution in [0.4, 0.5) is 9.52 Å². The lowest BCUT2D eigenvalue weighted by Gasteiger charge is -2.19. The molecule has 0 spiro atoms. The molecule has 1 N–H and O–H groups in total. The number of anilines is 1. The van der Waals surface area contributed by atoms with Gasteiger partial charge in [-0.1, -0.05) is 75.0 Å².